The third kappa shape index (κ3) is 3.97. The van der Waals surface area contributed by atoms with E-state index in [-0.39, 0.29) is 0 Å². The van der Waals surface area contributed by atoms with Crippen LogP contribution in [0.5, 0.6) is 0 Å². The van der Waals surface area contributed by atoms with E-state index in [1.165, 1.54) is 10.8 Å². The summed E-state index contributed by atoms with van der Waals surface area (Å²) >= 11 is 0. The minimum atomic E-state index is 0.406. The molecule has 0 radical (unpaired) electrons. The van der Waals surface area contributed by atoms with Crippen LogP contribution >= 0.6 is 0 Å². The van der Waals surface area contributed by atoms with Gasteiger partial charge in [0.05, 0.1) is 67.1 Å². The van der Waals surface area contributed by atoms with Crippen LogP contribution in [0, 0.1) is 22.7 Å². The van der Waals surface area contributed by atoms with Crippen LogP contribution in [0.1, 0.15) is 11.1 Å². The number of aromatic nitrogens is 3. The monoisotopic (exact) mass is 713 g/mol. The molecule has 8 aromatic carbocycles. The van der Waals surface area contributed by atoms with Gasteiger partial charge in [0.25, 0.3) is 0 Å². The zero-order valence-electron chi connectivity index (χ0n) is 29.7. The van der Waals surface area contributed by atoms with Gasteiger partial charge in [-0.1, -0.05) is 91.0 Å². The Bertz CT molecular complexity index is 3690. The maximum Gasteiger partial charge on any atom is 0.145 e. The molecule has 6 nitrogen and oxygen atoms in total. The first-order valence-electron chi connectivity index (χ1n) is 18.6. The fourth-order valence-electron chi connectivity index (χ4n) is 9.21. The van der Waals surface area contributed by atoms with Gasteiger partial charge in [-0.3, -0.25) is 0 Å². The molecule has 0 saturated carbocycles. The van der Waals surface area contributed by atoms with Crippen LogP contribution < -0.4 is 0 Å². The molecule has 0 aliphatic heterocycles. The van der Waals surface area contributed by atoms with Gasteiger partial charge in [-0.2, -0.15) is 10.5 Å². The van der Waals surface area contributed by atoms with Gasteiger partial charge < -0.3 is 18.1 Å². The van der Waals surface area contributed by atoms with Crippen LogP contribution in [0.4, 0.5) is 0 Å². The number of para-hydroxylation sites is 5. The minimum Gasteiger partial charge on any atom is -0.455 e. The Morgan fingerprint density at radius 3 is 1.64 bits per heavy atom. The normalized spacial score (nSPS) is 11.9. The number of hydrogen-bond donors (Lipinski definition) is 0. The molecule has 0 amide bonds. The highest BCUT2D eigenvalue weighted by molar-refractivity contribution is 6.24. The Hall–Kier alpha value is -8.06. The van der Waals surface area contributed by atoms with Crippen molar-refractivity contribution in [3.05, 3.63) is 175 Å². The highest BCUT2D eigenvalue weighted by Gasteiger charge is 2.25. The van der Waals surface area contributed by atoms with Gasteiger partial charge in [-0.05, 0) is 72.8 Å². The van der Waals surface area contributed by atoms with Crippen molar-refractivity contribution in [2.75, 3.05) is 0 Å². The first-order valence-corrected chi connectivity index (χ1v) is 18.6. The van der Waals surface area contributed by atoms with E-state index in [1.54, 1.807) is 6.07 Å². The first kappa shape index (κ1) is 30.4. The lowest BCUT2D eigenvalue weighted by atomic mass is 10.1. The van der Waals surface area contributed by atoms with Crippen LogP contribution in [0.2, 0.25) is 0 Å². The molecule has 6 heteroatoms. The van der Waals surface area contributed by atoms with Crippen LogP contribution in [-0.4, -0.2) is 13.7 Å². The molecule has 56 heavy (non-hydrogen) atoms. The molecule has 258 valence electrons. The van der Waals surface area contributed by atoms with E-state index >= 15 is 0 Å². The second kappa shape index (κ2) is 11.2. The van der Waals surface area contributed by atoms with Crippen molar-refractivity contribution in [2.45, 2.75) is 0 Å². The molecule has 0 atom stereocenters. The summed E-state index contributed by atoms with van der Waals surface area (Å²) in [6.07, 6.45) is 0. The first-order chi connectivity index (χ1) is 27.7. The van der Waals surface area contributed by atoms with Gasteiger partial charge in [0.15, 0.2) is 0 Å². The Balaban J connectivity index is 1.20. The quantitative estimate of drug-likeness (QED) is 0.183. The van der Waals surface area contributed by atoms with E-state index in [9.17, 15) is 10.5 Å². The van der Waals surface area contributed by atoms with Crippen molar-refractivity contribution in [3.63, 3.8) is 0 Å². The summed E-state index contributed by atoms with van der Waals surface area (Å²) < 4.78 is 13.3. The van der Waals surface area contributed by atoms with Crippen LogP contribution in [0.25, 0.3) is 104 Å². The predicted octanol–water partition coefficient (Wildman–Crippen LogP) is 12.6. The smallest absolute Gasteiger partial charge is 0.145 e. The van der Waals surface area contributed by atoms with Gasteiger partial charge >= 0.3 is 0 Å². The van der Waals surface area contributed by atoms with E-state index in [0.29, 0.717) is 16.8 Å². The summed E-state index contributed by atoms with van der Waals surface area (Å²) in [5, 5.41) is 29.9. The van der Waals surface area contributed by atoms with Crippen LogP contribution in [-0.2, 0) is 0 Å². The molecule has 0 bridgehead atoms. The molecule has 0 spiro atoms. The van der Waals surface area contributed by atoms with Gasteiger partial charge in [0.2, 0.25) is 0 Å². The molecular formula is C50H27N5O. The molecule has 0 N–H and O–H groups in total. The number of fused-ring (bicyclic) bond motifs is 13. The molecule has 0 unspecified atom stereocenters. The Morgan fingerprint density at radius 2 is 0.964 bits per heavy atom. The van der Waals surface area contributed by atoms with Crippen molar-refractivity contribution in [2.24, 2.45) is 0 Å². The van der Waals surface area contributed by atoms with E-state index < -0.39 is 0 Å². The van der Waals surface area contributed by atoms with Crippen molar-refractivity contribution in [3.8, 4) is 29.2 Å². The standard InChI is InChI=1S/C50H27N5O/c51-28-30-25-31(29-52)49(46(26-30)54-43-19-9-4-15-38(43)48-45(54)24-22-37-36-14-5-10-20-47(36)56-50(37)48)55-42-18-8-3-13-35(42)39-27-32(21-23-44(39)55)53-40-16-6-1-11-33(40)34-12-2-7-17-41(34)53/h1-27H. The lowest BCUT2D eigenvalue weighted by molar-refractivity contribution is 0.673. The second-order valence-corrected chi connectivity index (χ2v) is 14.3. The fourth-order valence-corrected chi connectivity index (χ4v) is 9.21. The third-order valence-electron chi connectivity index (χ3n) is 11.5. The van der Waals surface area contributed by atoms with Crippen LogP contribution in [0.3, 0.4) is 0 Å². The summed E-state index contributed by atoms with van der Waals surface area (Å²) in [6.45, 7) is 0. The minimum absolute atomic E-state index is 0.406. The van der Waals surface area contributed by atoms with Crippen molar-refractivity contribution in [1.82, 2.24) is 13.7 Å². The fraction of sp³-hybridized carbons (Fsp3) is 0. The Labute approximate surface area is 319 Å². The number of nitrogens with zero attached hydrogens (tertiary/aromatic N) is 5. The summed E-state index contributed by atoms with van der Waals surface area (Å²) in [6, 6.07) is 61.2. The van der Waals surface area contributed by atoms with Gasteiger partial charge in [0, 0.05) is 43.4 Å². The number of furan rings is 1. The number of rotatable bonds is 3. The second-order valence-electron chi connectivity index (χ2n) is 14.3. The third-order valence-corrected chi connectivity index (χ3v) is 11.5. The zero-order valence-corrected chi connectivity index (χ0v) is 29.7. The SMILES string of the molecule is N#Cc1cc(C#N)c(-n2c3ccccc3c3cc(-n4c5ccccc5c5ccccc54)ccc32)c(-n2c3ccccc3c3c4oc5ccccc5c4ccc32)c1. The van der Waals surface area contributed by atoms with Crippen LogP contribution in [0.15, 0.2) is 168 Å². The Kier molecular flexibility index (Phi) is 6.10. The number of hydrogen-bond acceptors (Lipinski definition) is 3. The molecule has 0 aliphatic rings. The topological polar surface area (TPSA) is 75.5 Å². The molecular weight excluding hydrogens is 687 g/mol. The van der Waals surface area contributed by atoms with Gasteiger partial charge in [0.1, 0.15) is 17.2 Å². The van der Waals surface area contributed by atoms with Crippen molar-refractivity contribution >= 4 is 87.4 Å². The maximum absolute atomic E-state index is 10.9. The largest absolute Gasteiger partial charge is 0.455 e. The summed E-state index contributed by atoms with van der Waals surface area (Å²) in [7, 11) is 0. The molecule has 12 rings (SSSR count). The molecule has 12 aromatic rings. The summed E-state index contributed by atoms with van der Waals surface area (Å²) in [4.78, 5) is 0. The van der Waals surface area contributed by atoms with E-state index in [4.69, 9.17) is 4.42 Å². The summed E-state index contributed by atoms with van der Waals surface area (Å²) in [5.41, 5.74) is 11.0. The average Bonchev–Trinajstić information content (AvgIpc) is 3.99. The highest BCUT2D eigenvalue weighted by Crippen LogP contribution is 2.44. The van der Waals surface area contributed by atoms with E-state index in [2.05, 4.69) is 141 Å². The molecule has 0 fully saturated rings. The van der Waals surface area contributed by atoms with Crippen molar-refractivity contribution in [1.29, 1.82) is 10.5 Å². The number of nitriles is 2. The lowest BCUT2D eigenvalue weighted by Gasteiger charge is -2.19. The zero-order chi connectivity index (χ0) is 37.1. The van der Waals surface area contributed by atoms with E-state index in [0.717, 1.165) is 88.0 Å². The summed E-state index contributed by atoms with van der Waals surface area (Å²) in [5.74, 6) is 0. The molecule has 0 aliphatic carbocycles. The van der Waals surface area contributed by atoms with Gasteiger partial charge in [-0.25, -0.2) is 0 Å². The maximum atomic E-state index is 10.9. The number of benzene rings is 8. The van der Waals surface area contributed by atoms with E-state index in [1.807, 2.05) is 42.5 Å². The molecule has 4 aromatic heterocycles. The average molecular weight is 714 g/mol. The van der Waals surface area contributed by atoms with Gasteiger partial charge in [-0.15, -0.1) is 0 Å². The highest BCUT2D eigenvalue weighted by atomic mass is 16.3. The van der Waals surface area contributed by atoms with Crippen molar-refractivity contribution < 1.29 is 4.42 Å². The lowest BCUT2D eigenvalue weighted by Crippen LogP contribution is -2.07. The molecule has 4 heterocycles. The Morgan fingerprint density at radius 1 is 0.411 bits per heavy atom. The molecule has 0 saturated heterocycles. The predicted molar refractivity (Wildman–Crippen MR) is 226 cm³/mol.